The molecule has 3 aromatic carbocycles. The molecule has 0 bridgehead atoms. The first kappa shape index (κ1) is 23.9. The van der Waals surface area contributed by atoms with Crippen molar-refractivity contribution < 1.29 is 23.5 Å². The number of carbonyl (C=O) groups excluding carboxylic acids is 3. The van der Waals surface area contributed by atoms with Gasteiger partial charge in [0.05, 0.1) is 24.8 Å². The van der Waals surface area contributed by atoms with Crippen LogP contribution in [0, 0.1) is 18.7 Å². The lowest BCUT2D eigenvalue weighted by atomic mass is 9.82. The SMILES string of the molecule is COc1ccccc1[C@@H]1[C@@H](C(=O)Nc2cc(C(N)=O)ccc2F)CCC(=O)N1c1ccc(C)cc1. The molecule has 1 heterocycles. The fourth-order valence-electron chi connectivity index (χ4n) is 4.44. The second-order valence-corrected chi connectivity index (χ2v) is 8.48. The van der Waals surface area contributed by atoms with Crippen LogP contribution in [-0.4, -0.2) is 24.8 Å². The molecule has 1 aliphatic rings. The van der Waals surface area contributed by atoms with Gasteiger partial charge in [-0.1, -0.05) is 35.9 Å². The number of carbonyl (C=O) groups is 3. The van der Waals surface area contributed by atoms with Gasteiger partial charge in [-0.05, 0) is 49.7 Å². The van der Waals surface area contributed by atoms with Crippen LogP contribution >= 0.6 is 0 Å². The summed E-state index contributed by atoms with van der Waals surface area (Å²) in [4.78, 5) is 39.9. The summed E-state index contributed by atoms with van der Waals surface area (Å²) in [7, 11) is 1.53. The van der Waals surface area contributed by atoms with Crippen molar-refractivity contribution in [3.63, 3.8) is 0 Å². The summed E-state index contributed by atoms with van der Waals surface area (Å²) in [6.07, 6.45) is 0.397. The standard InChI is InChI=1S/C27H26FN3O4/c1-16-7-10-18(11-8-16)31-24(32)14-12-20(25(31)19-5-3-4-6-23(19)35-2)27(34)30-22-15-17(26(29)33)9-13-21(22)28/h3-11,13,15,20,25H,12,14H2,1-2H3,(H2,29,33)(H,30,34)/t20-,25+/m0/s1. The van der Waals surface area contributed by atoms with Crippen LogP contribution < -0.4 is 20.7 Å². The van der Waals surface area contributed by atoms with Crippen molar-refractivity contribution in [3.05, 3.63) is 89.2 Å². The third-order valence-electron chi connectivity index (χ3n) is 6.21. The van der Waals surface area contributed by atoms with Gasteiger partial charge in [0.15, 0.2) is 0 Å². The molecule has 35 heavy (non-hydrogen) atoms. The number of piperidine rings is 1. The highest BCUT2D eigenvalue weighted by molar-refractivity contribution is 6.01. The summed E-state index contributed by atoms with van der Waals surface area (Å²) < 4.78 is 20.1. The summed E-state index contributed by atoms with van der Waals surface area (Å²) in [6.45, 7) is 1.95. The van der Waals surface area contributed by atoms with Gasteiger partial charge in [0.1, 0.15) is 11.6 Å². The van der Waals surface area contributed by atoms with E-state index >= 15 is 0 Å². The average Bonchev–Trinajstić information content (AvgIpc) is 2.85. The number of hydrogen-bond acceptors (Lipinski definition) is 4. The van der Waals surface area contributed by atoms with Crippen LogP contribution in [0.25, 0.3) is 0 Å². The highest BCUT2D eigenvalue weighted by atomic mass is 19.1. The van der Waals surface area contributed by atoms with Crippen molar-refractivity contribution in [2.75, 3.05) is 17.3 Å². The number of methoxy groups -OCH3 is 1. The van der Waals surface area contributed by atoms with Crippen LogP contribution in [0.1, 0.15) is 40.4 Å². The van der Waals surface area contributed by atoms with Gasteiger partial charge in [0.2, 0.25) is 17.7 Å². The van der Waals surface area contributed by atoms with Crippen molar-refractivity contribution in [2.24, 2.45) is 11.7 Å². The van der Waals surface area contributed by atoms with E-state index in [0.29, 0.717) is 17.0 Å². The minimum atomic E-state index is -0.735. The predicted molar refractivity (Wildman–Crippen MR) is 131 cm³/mol. The monoisotopic (exact) mass is 475 g/mol. The maximum Gasteiger partial charge on any atom is 0.248 e. The second-order valence-electron chi connectivity index (χ2n) is 8.48. The average molecular weight is 476 g/mol. The largest absolute Gasteiger partial charge is 0.496 e. The van der Waals surface area contributed by atoms with E-state index in [1.165, 1.54) is 19.2 Å². The van der Waals surface area contributed by atoms with Gasteiger partial charge in [0, 0.05) is 23.2 Å². The zero-order valence-electron chi connectivity index (χ0n) is 19.5. The number of hydrogen-bond donors (Lipinski definition) is 2. The number of para-hydroxylation sites is 1. The molecule has 3 amide bonds. The van der Waals surface area contributed by atoms with E-state index in [2.05, 4.69) is 5.32 Å². The number of halogens is 1. The van der Waals surface area contributed by atoms with Crippen molar-refractivity contribution in [2.45, 2.75) is 25.8 Å². The first-order chi connectivity index (χ1) is 16.8. The van der Waals surface area contributed by atoms with Crippen molar-refractivity contribution in [1.29, 1.82) is 0 Å². The van der Waals surface area contributed by atoms with E-state index in [0.717, 1.165) is 11.6 Å². The number of amides is 3. The Balaban J connectivity index is 1.78. The molecule has 3 aromatic rings. The number of rotatable bonds is 6. The van der Waals surface area contributed by atoms with Gasteiger partial charge < -0.3 is 20.7 Å². The quantitative estimate of drug-likeness (QED) is 0.553. The molecule has 0 unspecified atom stereocenters. The van der Waals surface area contributed by atoms with Crippen LogP contribution in [-0.2, 0) is 9.59 Å². The highest BCUT2D eigenvalue weighted by Crippen LogP contribution is 2.43. The molecule has 2 atom stereocenters. The number of ether oxygens (including phenoxy) is 1. The molecule has 4 rings (SSSR count). The van der Waals surface area contributed by atoms with E-state index in [9.17, 15) is 18.8 Å². The Labute approximate surface area is 202 Å². The molecule has 3 N–H and O–H groups in total. The van der Waals surface area contributed by atoms with Crippen LogP contribution in [0.3, 0.4) is 0 Å². The molecule has 1 saturated heterocycles. The number of nitrogens with two attached hydrogens (primary N) is 1. The van der Waals surface area contributed by atoms with Gasteiger partial charge in [-0.25, -0.2) is 4.39 Å². The summed E-state index contributed by atoms with van der Waals surface area (Å²) in [5.41, 5.74) is 7.58. The van der Waals surface area contributed by atoms with Gasteiger partial charge in [0.25, 0.3) is 0 Å². The number of nitrogens with zero attached hydrogens (tertiary/aromatic N) is 1. The fraction of sp³-hybridized carbons (Fsp3) is 0.222. The summed E-state index contributed by atoms with van der Waals surface area (Å²) in [5, 5.41) is 2.61. The minimum Gasteiger partial charge on any atom is -0.496 e. The lowest BCUT2D eigenvalue weighted by Gasteiger charge is -2.41. The zero-order chi connectivity index (χ0) is 25.1. The second kappa shape index (κ2) is 9.97. The van der Waals surface area contributed by atoms with Crippen LogP contribution in [0.5, 0.6) is 5.75 Å². The third kappa shape index (κ3) is 4.87. The molecule has 1 fully saturated rings. The summed E-state index contributed by atoms with van der Waals surface area (Å²) in [6, 6.07) is 17.5. The number of benzene rings is 3. The van der Waals surface area contributed by atoms with Crippen LogP contribution in [0.4, 0.5) is 15.8 Å². The maximum atomic E-state index is 14.5. The topological polar surface area (TPSA) is 102 Å². The molecule has 8 heteroatoms. The molecule has 0 radical (unpaired) electrons. The Kier molecular flexibility index (Phi) is 6.82. The van der Waals surface area contributed by atoms with Crippen LogP contribution in [0.15, 0.2) is 66.7 Å². The van der Waals surface area contributed by atoms with E-state index in [1.807, 2.05) is 49.4 Å². The molecular weight excluding hydrogens is 449 g/mol. The fourth-order valence-corrected chi connectivity index (χ4v) is 4.44. The number of anilines is 2. The lowest BCUT2D eigenvalue weighted by molar-refractivity contribution is -0.126. The molecule has 0 spiro atoms. The third-order valence-corrected chi connectivity index (χ3v) is 6.21. The Morgan fingerprint density at radius 3 is 2.49 bits per heavy atom. The number of aryl methyl sites for hydroxylation is 1. The molecular formula is C27H26FN3O4. The normalized spacial score (nSPS) is 17.7. The van der Waals surface area contributed by atoms with Gasteiger partial charge in [-0.2, -0.15) is 0 Å². The van der Waals surface area contributed by atoms with Crippen molar-refractivity contribution >= 4 is 29.1 Å². The van der Waals surface area contributed by atoms with E-state index in [-0.39, 0.29) is 30.0 Å². The van der Waals surface area contributed by atoms with E-state index < -0.39 is 29.6 Å². The van der Waals surface area contributed by atoms with Gasteiger partial charge in [-0.15, -0.1) is 0 Å². The number of primary amides is 1. The first-order valence-electron chi connectivity index (χ1n) is 11.2. The minimum absolute atomic E-state index is 0.0723. The Hall–Kier alpha value is -4.20. The molecule has 180 valence electrons. The first-order valence-corrected chi connectivity index (χ1v) is 11.2. The van der Waals surface area contributed by atoms with Gasteiger partial charge in [-0.3, -0.25) is 14.4 Å². The van der Waals surface area contributed by atoms with Crippen molar-refractivity contribution in [1.82, 2.24) is 0 Å². The zero-order valence-corrected chi connectivity index (χ0v) is 19.5. The van der Waals surface area contributed by atoms with Gasteiger partial charge >= 0.3 is 0 Å². The Morgan fingerprint density at radius 2 is 1.80 bits per heavy atom. The summed E-state index contributed by atoms with van der Waals surface area (Å²) >= 11 is 0. The molecule has 0 aromatic heterocycles. The van der Waals surface area contributed by atoms with Crippen LogP contribution in [0.2, 0.25) is 0 Å². The molecule has 0 saturated carbocycles. The maximum absolute atomic E-state index is 14.5. The Bertz CT molecular complexity index is 1280. The van der Waals surface area contributed by atoms with E-state index in [4.69, 9.17) is 10.5 Å². The smallest absolute Gasteiger partial charge is 0.248 e. The predicted octanol–water partition coefficient (Wildman–Crippen LogP) is 4.36. The molecule has 1 aliphatic heterocycles. The highest BCUT2D eigenvalue weighted by Gasteiger charge is 2.42. The molecule has 0 aliphatic carbocycles. The van der Waals surface area contributed by atoms with Crippen molar-refractivity contribution in [3.8, 4) is 5.75 Å². The summed E-state index contributed by atoms with van der Waals surface area (Å²) in [5.74, 6) is -2.23. The lowest BCUT2D eigenvalue weighted by Crippen LogP contribution is -2.47. The van der Waals surface area contributed by atoms with E-state index in [1.54, 1.807) is 11.0 Å². The molecule has 7 nitrogen and oxygen atoms in total. The number of nitrogens with one attached hydrogen (secondary N) is 1. The Morgan fingerprint density at radius 1 is 1.09 bits per heavy atom.